The monoisotopic (exact) mass is 527 g/mol. The van der Waals surface area contributed by atoms with Gasteiger partial charge in [-0.05, 0) is 53.1 Å². The predicted molar refractivity (Wildman–Crippen MR) is 135 cm³/mol. The second-order valence-electron chi connectivity index (χ2n) is 8.62. The average molecular weight is 528 g/mol. The molecule has 0 atom stereocenters. The molecule has 4 rings (SSSR count). The Hall–Kier alpha value is -3.89. The van der Waals surface area contributed by atoms with Crippen molar-refractivity contribution >= 4 is 11.6 Å². The first kappa shape index (κ1) is 27.2. The Balaban J connectivity index is 1.38. The van der Waals surface area contributed by atoms with Gasteiger partial charge < -0.3 is 14.3 Å². The molecule has 10 heteroatoms. The Kier molecular flexibility index (Phi) is 9.34. The van der Waals surface area contributed by atoms with Crippen LogP contribution in [0.25, 0.3) is 0 Å². The Morgan fingerprint density at radius 1 is 0.921 bits per heavy atom. The van der Waals surface area contributed by atoms with E-state index in [9.17, 15) is 18.0 Å². The highest BCUT2D eigenvalue weighted by molar-refractivity contribution is 6.01. The Morgan fingerprint density at radius 2 is 1.61 bits per heavy atom. The molecule has 1 N–H and O–H groups in total. The number of nitrogens with zero attached hydrogens (tertiary/aromatic N) is 2. The average Bonchev–Trinajstić information content (AvgIpc) is 2.93. The first-order valence-corrected chi connectivity index (χ1v) is 12.1. The molecule has 1 fully saturated rings. The third kappa shape index (κ3) is 8.32. The lowest BCUT2D eigenvalue weighted by atomic mass is 10.0. The largest absolute Gasteiger partial charge is 0.484 e. The summed E-state index contributed by atoms with van der Waals surface area (Å²) in [5.41, 5.74) is 5.09. The van der Waals surface area contributed by atoms with Crippen molar-refractivity contribution in [2.75, 3.05) is 32.9 Å². The number of hydrogen-bond donors (Lipinski definition) is 1. The molecule has 3 aromatic rings. The van der Waals surface area contributed by atoms with Crippen LogP contribution in [0, 0.1) is 0 Å². The molecule has 1 saturated heterocycles. The van der Waals surface area contributed by atoms with Gasteiger partial charge in [0.25, 0.3) is 5.91 Å². The summed E-state index contributed by atoms with van der Waals surface area (Å²) in [6, 6.07) is 21.6. The van der Waals surface area contributed by atoms with Crippen molar-refractivity contribution in [2.45, 2.75) is 19.2 Å². The van der Waals surface area contributed by atoms with Crippen molar-refractivity contribution in [3.63, 3.8) is 0 Å². The van der Waals surface area contributed by atoms with Gasteiger partial charge in [0.1, 0.15) is 12.4 Å². The van der Waals surface area contributed by atoms with Crippen LogP contribution < -0.4 is 10.2 Å². The zero-order chi connectivity index (χ0) is 26.8. The van der Waals surface area contributed by atoms with E-state index in [1.807, 2.05) is 42.5 Å². The van der Waals surface area contributed by atoms with E-state index in [4.69, 9.17) is 14.3 Å². The topological polar surface area (TPSA) is 72.4 Å². The summed E-state index contributed by atoms with van der Waals surface area (Å²) in [5, 5.41) is 6.10. The number of halogens is 3. The molecular formula is C28H28F3N3O4. The summed E-state index contributed by atoms with van der Waals surface area (Å²) < 4.78 is 49.3. The third-order valence-corrected chi connectivity index (χ3v) is 5.75. The fourth-order valence-corrected chi connectivity index (χ4v) is 3.73. The van der Waals surface area contributed by atoms with E-state index in [0.29, 0.717) is 49.7 Å². The lowest BCUT2D eigenvalue weighted by Crippen LogP contribution is -2.49. The first-order chi connectivity index (χ1) is 18.4. The van der Waals surface area contributed by atoms with Gasteiger partial charge in [-0.2, -0.15) is 13.2 Å². The molecule has 0 spiro atoms. The number of benzene rings is 3. The number of morpholine rings is 1. The smallest absolute Gasteiger partial charge is 0.416 e. The number of hydrazine groups is 1. The molecule has 0 saturated carbocycles. The van der Waals surface area contributed by atoms with Crippen molar-refractivity contribution in [3.8, 4) is 5.75 Å². The molecular weight excluding hydrogens is 499 g/mol. The quantitative estimate of drug-likeness (QED) is 0.308. The van der Waals surface area contributed by atoms with Gasteiger partial charge >= 0.3 is 6.18 Å². The van der Waals surface area contributed by atoms with Crippen molar-refractivity contribution in [3.05, 3.63) is 101 Å². The van der Waals surface area contributed by atoms with E-state index in [2.05, 4.69) is 10.6 Å². The zero-order valence-corrected chi connectivity index (χ0v) is 20.6. The minimum absolute atomic E-state index is 0.0237. The minimum atomic E-state index is -4.39. The second kappa shape index (κ2) is 13.1. The van der Waals surface area contributed by atoms with Gasteiger partial charge in [0.2, 0.25) is 0 Å². The number of carbonyl (C=O) groups excluding carboxylic acids is 1. The summed E-state index contributed by atoms with van der Waals surface area (Å²) in [7, 11) is 0. The number of hydrogen-bond acceptors (Lipinski definition) is 6. The minimum Gasteiger partial charge on any atom is -0.484 e. The first-order valence-electron chi connectivity index (χ1n) is 12.1. The fourth-order valence-electron chi connectivity index (χ4n) is 3.73. The van der Waals surface area contributed by atoms with Crippen LogP contribution in [-0.4, -0.2) is 49.5 Å². The Labute approximate surface area is 218 Å². The van der Waals surface area contributed by atoms with Gasteiger partial charge in [-0.15, -0.1) is 0 Å². The highest BCUT2D eigenvalue weighted by atomic mass is 19.4. The predicted octanol–water partition coefficient (Wildman–Crippen LogP) is 4.61. The van der Waals surface area contributed by atoms with Crippen LogP contribution in [0.4, 0.5) is 13.2 Å². The van der Waals surface area contributed by atoms with Gasteiger partial charge in [-0.3, -0.25) is 10.2 Å². The van der Waals surface area contributed by atoms with Crippen molar-refractivity contribution < 1.29 is 32.3 Å². The van der Waals surface area contributed by atoms with Crippen LogP contribution in [0.2, 0.25) is 0 Å². The standard InChI is InChI=1S/C28H28F3N3O4/c29-28(30,31)24-10-6-22(7-11-24)19-38-33-26(18-21-4-2-1-3-5-21)23-8-12-25(13-9-23)37-20-27(35)32-34-14-16-36-17-15-34/h1-13H,14-20H2,(H,32,35)/b33-26+. The van der Waals surface area contributed by atoms with Gasteiger partial charge in [0.05, 0.1) is 24.5 Å². The van der Waals surface area contributed by atoms with Crippen molar-refractivity contribution in [1.29, 1.82) is 0 Å². The summed E-state index contributed by atoms with van der Waals surface area (Å²) in [4.78, 5) is 17.7. The highest BCUT2D eigenvalue weighted by Crippen LogP contribution is 2.29. The van der Waals surface area contributed by atoms with E-state index >= 15 is 0 Å². The maximum Gasteiger partial charge on any atom is 0.416 e. The third-order valence-electron chi connectivity index (χ3n) is 5.75. The van der Waals surface area contributed by atoms with Crippen LogP contribution in [0.1, 0.15) is 22.3 Å². The Bertz CT molecular complexity index is 1190. The van der Waals surface area contributed by atoms with Crippen LogP contribution in [0.5, 0.6) is 5.75 Å². The number of oxime groups is 1. The van der Waals surface area contributed by atoms with Crippen LogP contribution in [0.15, 0.2) is 84.0 Å². The van der Waals surface area contributed by atoms with Gasteiger partial charge in [0, 0.05) is 19.5 Å². The normalized spacial score (nSPS) is 14.7. The maximum absolute atomic E-state index is 12.8. The lowest BCUT2D eigenvalue weighted by Gasteiger charge is -2.26. The molecule has 38 heavy (non-hydrogen) atoms. The molecule has 200 valence electrons. The second-order valence-corrected chi connectivity index (χ2v) is 8.62. The number of rotatable bonds is 10. The molecule has 0 aromatic heterocycles. The molecule has 1 heterocycles. The van der Waals surface area contributed by atoms with E-state index in [0.717, 1.165) is 23.3 Å². The molecule has 1 aliphatic rings. The molecule has 3 aromatic carbocycles. The number of nitrogens with one attached hydrogen (secondary N) is 1. The summed E-state index contributed by atoms with van der Waals surface area (Å²) in [6.45, 7) is 2.30. The van der Waals surface area contributed by atoms with Gasteiger partial charge in [0.15, 0.2) is 6.61 Å². The number of carbonyl (C=O) groups is 1. The molecule has 7 nitrogen and oxygen atoms in total. The van der Waals surface area contributed by atoms with E-state index in [1.165, 1.54) is 12.1 Å². The van der Waals surface area contributed by atoms with Crippen LogP contribution in [-0.2, 0) is 33.6 Å². The van der Waals surface area contributed by atoms with E-state index in [1.54, 1.807) is 17.1 Å². The van der Waals surface area contributed by atoms with Crippen LogP contribution in [0.3, 0.4) is 0 Å². The molecule has 0 unspecified atom stereocenters. The molecule has 1 amide bonds. The van der Waals surface area contributed by atoms with Crippen molar-refractivity contribution in [1.82, 2.24) is 10.4 Å². The van der Waals surface area contributed by atoms with E-state index < -0.39 is 11.7 Å². The van der Waals surface area contributed by atoms with Crippen LogP contribution >= 0.6 is 0 Å². The van der Waals surface area contributed by atoms with Gasteiger partial charge in [-0.25, -0.2) is 5.01 Å². The van der Waals surface area contributed by atoms with E-state index in [-0.39, 0.29) is 19.1 Å². The van der Waals surface area contributed by atoms with Gasteiger partial charge in [-0.1, -0.05) is 47.6 Å². The highest BCUT2D eigenvalue weighted by Gasteiger charge is 2.29. The lowest BCUT2D eigenvalue weighted by molar-refractivity contribution is -0.137. The van der Waals surface area contributed by atoms with Crippen molar-refractivity contribution in [2.24, 2.45) is 5.16 Å². The Morgan fingerprint density at radius 3 is 2.26 bits per heavy atom. The molecule has 1 aliphatic heterocycles. The maximum atomic E-state index is 12.8. The number of amides is 1. The molecule has 0 aliphatic carbocycles. The molecule has 0 bridgehead atoms. The molecule has 0 radical (unpaired) electrons. The number of alkyl halides is 3. The summed E-state index contributed by atoms with van der Waals surface area (Å²) in [6.07, 6.45) is -3.90. The SMILES string of the molecule is O=C(COc1ccc(/C(Cc2ccccc2)=N/OCc2ccc(C(F)(F)F)cc2)cc1)NN1CCOCC1. The zero-order valence-electron chi connectivity index (χ0n) is 20.6. The summed E-state index contributed by atoms with van der Waals surface area (Å²) >= 11 is 0. The number of ether oxygens (including phenoxy) is 2. The fraction of sp³-hybridized carbons (Fsp3) is 0.286. The summed E-state index contributed by atoms with van der Waals surface area (Å²) in [5.74, 6) is 0.273.